The van der Waals surface area contributed by atoms with Gasteiger partial charge in [-0.25, -0.2) is 9.18 Å². The average Bonchev–Trinajstić information content (AvgIpc) is 2.93. The molecule has 4 atom stereocenters. The quantitative estimate of drug-likeness (QED) is 0.391. The van der Waals surface area contributed by atoms with E-state index in [9.17, 15) is 19.4 Å². The van der Waals surface area contributed by atoms with E-state index >= 15 is 0 Å². The molecule has 1 aromatic carbocycles. The van der Waals surface area contributed by atoms with Crippen LogP contribution in [-0.4, -0.2) is 44.4 Å². The minimum absolute atomic E-state index is 0.275. The molecule has 1 fully saturated rings. The Bertz CT molecular complexity index is 903. The van der Waals surface area contributed by atoms with E-state index in [1.54, 1.807) is 0 Å². The first kappa shape index (κ1) is 18.8. The average molecular weight is 376 g/mol. The first-order valence-electron chi connectivity index (χ1n) is 8.05. The molecule has 0 bridgehead atoms. The molecule has 0 radical (unpaired) electrons. The second-order valence-corrected chi connectivity index (χ2v) is 5.93. The van der Waals surface area contributed by atoms with Crippen molar-refractivity contribution in [2.75, 3.05) is 11.9 Å². The highest BCUT2D eigenvalue weighted by Crippen LogP contribution is 2.39. The van der Waals surface area contributed by atoms with E-state index in [1.165, 1.54) is 12.3 Å². The summed E-state index contributed by atoms with van der Waals surface area (Å²) in [7, 11) is 0. The number of benzene rings is 1. The van der Waals surface area contributed by atoms with Crippen LogP contribution in [0.15, 0.2) is 52.5 Å². The monoisotopic (exact) mass is 376 g/mol. The zero-order chi connectivity index (χ0) is 19.4. The van der Waals surface area contributed by atoms with Gasteiger partial charge in [-0.3, -0.25) is 4.57 Å². The van der Waals surface area contributed by atoms with Gasteiger partial charge in [0.05, 0.1) is 6.61 Å². The van der Waals surface area contributed by atoms with Gasteiger partial charge in [-0.15, -0.1) is 0 Å². The Kier molecular flexibility index (Phi) is 5.38. The molecule has 0 aliphatic carbocycles. The fraction of sp³-hybridized carbons (Fsp3) is 0.375. The molecule has 27 heavy (non-hydrogen) atoms. The van der Waals surface area contributed by atoms with Gasteiger partial charge in [0.2, 0.25) is 5.72 Å². The number of aromatic nitrogens is 2. The summed E-state index contributed by atoms with van der Waals surface area (Å²) >= 11 is 0. The molecule has 10 nitrogen and oxygen atoms in total. The van der Waals surface area contributed by atoms with E-state index in [-0.39, 0.29) is 5.82 Å². The molecule has 1 aliphatic heterocycles. The number of hydrogen-bond donors (Lipinski definition) is 3. The number of nitrogens with one attached hydrogen (secondary N) is 1. The lowest BCUT2D eigenvalue weighted by Crippen LogP contribution is -2.43. The van der Waals surface area contributed by atoms with Crippen molar-refractivity contribution in [3.63, 3.8) is 0 Å². The van der Waals surface area contributed by atoms with Crippen LogP contribution < -0.4 is 11.0 Å². The molecule has 2 heterocycles. The van der Waals surface area contributed by atoms with Crippen molar-refractivity contribution in [1.29, 1.82) is 0 Å². The van der Waals surface area contributed by atoms with E-state index in [1.807, 2.05) is 30.3 Å². The minimum atomic E-state index is -2.21. The van der Waals surface area contributed by atoms with E-state index in [2.05, 4.69) is 20.3 Å². The number of alkyl halides is 1. The van der Waals surface area contributed by atoms with Crippen molar-refractivity contribution in [2.24, 2.45) is 5.11 Å². The number of anilines is 1. The summed E-state index contributed by atoms with van der Waals surface area (Å²) in [6.45, 7) is -0.514. The topological polar surface area (TPSA) is 145 Å². The van der Waals surface area contributed by atoms with Gasteiger partial charge in [-0.1, -0.05) is 35.4 Å². The number of rotatable bonds is 6. The van der Waals surface area contributed by atoms with E-state index in [4.69, 9.17) is 10.3 Å². The molecule has 0 amide bonds. The van der Waals surface area contributed by atoms with E-state index in [0.717, 1.165) is 10.1 Å². The van der Waals surface area contributed by atoms with Crippen LogP contribution in [0.5, 0.6) is 0 Å². The van der Waals surface area contributed by atoms with E-state index < -0.39 is 36.5 Å². The number of halogens is 1. The fourth-order valence-electron chi connectivity index (χ4n) is 2.77. The molecule has 0 spiro atoms. The van der Waals surface area contributed by atoms with Gasteiger partial charge >= 0.3 is 5.69 Å². The van der Waals surface area contributed by atoms with Gasteiger partial charge in [0.1, 0.15) is 11.9 Å². The zero-order valence-electron chi connectivity index (χ0n) is 14.0. The largest absolute Gasteiger partial charge is 0.393 e. The van der Waals surface area contributed by atoms with Crippen LogP contribution in [0.2, 0.25) is 0 Å². The maximum atomic E-state index is 14.4. The Hall–Kier alpha value is -2.98. The Morgan fingerprint density at radius 2 is 2.15 bits per heavy atom. The summed E-state index contributed by atoms with van der Waals surface area (Å²) in [6.07, 6.45) is -4.40. The Labute approximate surface area is 152 Å². The number of aliphatic hydroxyl groups excluding tert-OH is 2. The van der Waals surface area contributed by atoms with Crippen LogP contribution >= 0.6 is 0 Å². The van der Waals surface area contributed by atoms with Crippen molar-refractivity contribution < 1.29 is 19.3 Å². The standard InChI is InChI=1S/C16H17FN6O4/c17-12-13(25)16(9-24,21-22-18)27-14(12)23-7-6-11(20-15(23)26)19-8-10-4-2-1-3-5-10/h1-7,12-14,24-25H,8-9H2,(H,19,20,26)/t12-,13?,14+,16+/m0/s1. The molecule has 142 valence electrons. The Morgan fingerprint density at radius 3 is 2.78 bits per heavy atom. The molecule has 0 saturated carbocycles. The van der Waals surface area contributed by atoms with Crippen molar-refractivity contribution in [1.82, 2.24) is 9.55 Å². The van der Waals surface area contributed by atoms with E-state index in [0.29, 0.717) is 6.54 Å². The number of azide groups is 1. The molecular weight excluding hydrogens is 359 g/mol. The van der Waals surface area contributed by atoms with Gasteiger partial charge < -0.3 is 20.3 Å². The third-order valence-corrected chi connectivity index (χ3v) is 4.22. The normalized spacial score (nSPS) is 27.1. The minimum Gasteiger partial charge on any atom is -0.393 e. The van der Waals surface area contributed by atoms with Gasteiger partial charge in [-0.2, -0.15) is 4.98 Å². The highest BCUT2D eigenvalue weighted by molar-refractivity contribution is 5.33. The van der Waals surface area contributed by atoms with Crippen LogP contribution in [0.25, 0.3) is 10.4 Å². The van der Waals surface area contributed by atoms with Gasteiger partial charge in [0.15, 0.2) is 12.4 Å². The summed E-state index contributed by atoms with van der Waals surface area (Å²) in [4.78, 5) is 18.5. The second kappa shape index (κ2) is 7.72. The number of ether oxygens (including phenoxy) is 1. The summed E-state index contributed by atoms with van der Waals surface area (Å²) < 4.78 is 20.5. The predicted molar refractivity (Wildman–Crippen MR) is 92.3 cm³/mol. The molecule has 1 aliphatic rings. The smallest absolute Gasteiger partial charge is 0.351 e. The van der Waals surface area contributed by atoms with Crippen molar-refractivity contribution in [2.45, 2.75) is 30.8 Å². The van der Waals surface area contributed by atoms with Crippen molar-refractivity contribution in [3.8, 4) is 0 Å². The number of hydrogen-bond acceptors (Lipinski definition) is 7. The lowest BCUT2D eigenvalue weighted by atomic mass is 10.1. The molecule has 2 aromatic rings. The zero-order valence-corrected chi connectivity index (χ0v) is 14.0. The summed E-state index contributed by atoms with van der Waals surface area (Å²) in [6, 6.07) is 10.9. The maximum Gasteiger partial charge on any atom is 0.351 e. The lowest BCUT2D eigenvalue weighted by molar-refractivity contribution is -0.124. The van der Waals surface area contributed by atoms with Crippen LogP contribution in [0.4, 0.5) is 10.2 Å². The van der Waals surface area contributed by atoms with Crippen molar-refractivity contribution in [3.05, 3.63) is 69.1 Å². The van der Waals surface area contributed by atoms with Crippen LogP contribution in [0.1, 0.15) is 11.8 Å². The molecule has 11 heteroatoms. The predicted octanol–water partition coefficient (Wildman–Crippen LogP) is 1.08. The van der Waals surface area contributed by atoms with Gasteiger partial charge in [-0.05, 0) is 17.2 Å². The number of nitrogens with zero attached hydrogens (tertiary/aromatic N) is 5. The first-order chi connectivity index (χ1) is 13.0. The van der Waals surface area contributed by atoms with Gasteiger partial charge in [0.25, 0.3) is 0 Å². The summed E-state index contributed by atoms with van der Waals surface area (Å²) in [5, 5.41) is 25.4. The SMILES string of the molecule is [N-]=[N+]=N[C@]1(CO)O[C@@H](n2ccc(NCc3ccccc3)nc2=O)[C@@H](F)C1O. The highest BCUT2D eigenvalue weighted by Gasteiger charge is 2.56. The van der Waals surface area contributed by atoms with Crippen molar-refractivity contribution >= 4 is 5.82 Å². The molecule has 1 aromatic heterocycles. The summed E-state index contributed by atoms with van der Waals surface area (Å²) in [5.74, 6) is 0.275. The van der Waals surface area contributed by atoms with Gasteiger partial charge in [0, 0.05) is 17.7 Å². The fourth-order valence-corrected chi connectivity index (χ4v) is 2.77. The second-order valence-electron chi connectivity index (χ2n) is 5.93. The van der Waals surface area contributed by atoms with Crippen LogP contribution in [-0.2, 0) is 11.3 Å². The third kappa shape index (κ3) is 3.62. The van der Waals surface area contributed by atoms with Crippen LogP contribution in [0.3, 0.4) is 0 Å². The molecule has 3 N–H and O–H groups in total. The molecular formula is C16H17FN6O4. The maximum absolute atomic E-state index is 14.4. The number of aliphatic hydroxyl groups is 2. The summed E-state index contributed by atoms with van der Waals surface area (Å²) in [5.41, 5.74) is 6.52. The lowest BCUT2D eigenvalue weighted by Gasteiger charge is -2.23. The van der Waals surface area contributed by atoms with Crippen LogP contribution in [0, 0.1) is 0 Å². The highest BCUT2D eigenvalue weighted by atomic mass is 19.1. The Balaban J connectivity index is 1.79. The Morgan fingerprint density at radius 1 is 1.41 bits per heavy atom. The first-order valence-corrected chi connectivity index (χ1v) is 8.05. The molecule has 1 unspecified atom stereocenters. The third-order valence-electron chi connectivity index (χ3n) is 4.22. The molecule has 3 rings (SSSR count). The molecule has 1 saturated heterocycles.